The summed E-state index contributed by atoms with van der Waals surface area (Å²) in [5.41, 5.74) is 0.932. The minimum atomic E-state index is -2.93. The van der Waals surface area contributed by atoms with Crippen molar-refractivity contribution in [1.29, 1.82) is 0 Å². The van der Waals surface area contributed by atoms with E-state index in [1.165, 1.54) is 6.26 Å². The number of hydrogen-bond donors (Lipinski definition) is 1. The van der Waals surface area contributed by atoms with Crippen molar-refractivity contribution < 1.29 is 8.42 Å². The van der Waals surface area contributed by atoms with Crippen LogP contribution in [-0.4, -0.2) is 27.0 Å². The van der Waals surface area contributed by atoms with E-state index >= 15 is 0 Å². The summed E-state index contributed by atoms with van der Waals surface area (Å²) >= 11 is 12.2. The molecule has 0 aliphatic rings. The average Bonchev–Trinajstić information content (AvgIpc) is 2.35. The number of halogens is 2. The Morgan fingerprint density at radius 3 is 2.60 bits per heavy atom. The minimum absolute atomic E-state index is 0.0305. The first-order valence-electron chi connectivity index (χ1n) is 6.69. The second kappa shape index (κ2) is 8.23. The van der Waals surface area contributed by atoms with E-state index in [9.17, 15) is 8.42 Å². The molecule has 0 amide bonds. The molecule has 6 heteroatoms. The third kappa shape index (κ3) is 6.44. The predicted molar refractivity (Wildman–Crippen MR) is 86.4 cm³/mol. The highest BCUT2D eigenvalue weighted by Gasteiger charge is 2.15. The summed E-state index contributed by atoms with van der Waals surface area (Å²) in [6, 6.07) is 5.40. The van der Waals surface area contributed by atoms with Gasteiger partial charge < -0.3 is 5.32 Å². The van der Waals surface area contributed by atoms with E-state index in [2.05, 4.69) is 12.2 Å². The molecule has 114 valence electrons. The molecule has 1 unspecified atom stereocenters. The summed E-state index contributed by atoms with van der Waals surface area (Å²) in [5, 5.41) is 4.69. The van der Waals surface area contributed by atoms with Crippen LogP contribution < -0.4 is 5.32 Å². The van der Waals surface area contributed by atoms with Crippen LogP contribution in [0.25, 0.3) is 0 Å². The molecule has 0 saturated heterocycles. The average molecular weight is 338 g/mol. The molecule has 1 rings (SSSR count). The summed E-state index contributed by atoms with van der Waals surface area (Å²) in [6.45, 7) is 2.94. The Morgan fingerprint density at radius 2 is 2.00 bits per heavy atom. The van der Waals surface area contributed by atoms with Crippen molar-refractivity contribution in [2.24, 2.45) is 0 Å². The SMILES string of the molecule is CCCNC(CCCS(C)(=O)=O)c1cc(Cl)ccc1Cl. The van der Waals surface area contributed by atoms with Gasteiger partial charge in [-0.3, -0.25) is 0 Å². The van der Waals surface area contributed by atoms with E-state index in [1.54, 1.807) is 12.1 Å². The third-order valence-electron chi connectivity index (χ3n) is 2.98. The van der Waals surface area contributed by atoms with Gasteiger partial charge in [-0.1, -0.05) is 30.1 Å². The smallest absolute Gasteiger partial charge is 0.147 e. The van der Waals surface area contributed by atoms with Crippen LogP contribution in [0, 0.1) is 0 Å². The maximum Gasteiger partial charge on any atom is 0.147 e. The highest BCUT2D eigenvalue weighted by molar-refractivity contribution is 7.90. The highest BCUT2D eigenvalue weighted by atomic mass is 35.5. The van der Waals surface area contributed by atoms with Gasteiger partial charge in [-0.25, -0.2) is 8.42 Å². The molecule has 3 nitrogen and oxygen atoms in total. The molecule has 0 fully saturated rings. The molecule has 0 aliphatic carbocycles. The molecule has 0 heterocycles. The lowest BCUT2D eigenvalue weighted by atomic mass is 10.0. The standard InChI is InChI=1S/C14H21Cl2NO2S/c1-3-8-17-14(5-4-9-20(2,18)19)12-10-11(15)6-7-13(12)16/h6-7,10,14,17H,3-5,8-9H2,1-2H3. The molecule has 1 aromatic carbocycles. The molecular formula is C14H21Cl2NO2S. The quantitative estimate of drug-likeness (QED) is 0.783. The van der Waals surface area contributed by atoms with Crippen LogP contribution in [0.4, 0.5) is 0 Å². The van der Waals surface area contributed by atoms with Crippen LogP contribution in [-0.2, 0) is 9.84 Å². The van der Waals surface area contributed by atoms with E-state index in [1.807, 2.05) is 6.07 Å². The summed E-state index contributed by atoms with van der Waals surface area (Å²) in [6.07, 6.45) is 3.57. The predicted octanol–water partition coefficient (Wildman–Crippen LogP) is 3.86. The normalized spacial score (nSPS) is 13.4. The Hall–Kier alpha value is -0.290. The molecule has 0 aliphatic heterocycles. The number of benzene rings is 1. The largest absolute Gasteiger partial charge is 0.310 e. The first-order valence-corrected chi connectivity index (χ1v) is 9.51. The fraction of sp³-hybridized carbons (Fsp3) is 0.571. The van der Waals surface area contributed by atoms with Gasteiger partial charge in [0.1, 0.15) is 9.84 Å². The second-order valence-corrected chi connectivity index (χ2v) is 8.05. The molecule has 1 aromatic rings. The molecule has 0 spiro atoms. The first-order chi connectivity index (χ1) is 9.33. The zero-order valence-corrected chi connectivity index (χ0v) is 14.2. The monoisotopic (exact) mass is 337 g/mol. The van der Waals surface area contributed by atoms with Crippen molar-refractivity contribution in [1.82, 2.24) is 5.32 Å². The Morgan fingerprint density at radius 1 is 1.30 bits per heavy atom. The van der Waals surface area contributed by atoms with Crippen molar-refractivity contribution in [3.05, 3.63) is 33.8 Å². The van der Waals surface area contributed by atoms with Gasteiger partial charge in [-0.15, -0.1) is 0 Å². The lowest BCUT2D eigenvalue weighted by Crippen LogP contribution is -2.23. The van der Waals surface area contributed by atoms with Gasteiger partial charge in [0.2, 0.25) is 0 Å². The zero-order chi connectivity index (χ0) is 15.2. The maximum absolute atomic E-state index is 11.2. The number of rotatable bonds is 8. The third-order valence-corrected chi connectivity index (χ3v) is 4.59. The summed E-state index contributed by atoms with van der Waals surface area (Å²) in [5.74, 6) is 0.190. The molecule has 1 atom stereocenters. The van der Waals surface area contributed by atoms with Crippen LogP contribution in [0.5, 0.6) is 0 Å². The zero-order valence-electron chi connectivity index (χ0n) is 11.8. The fourth-order valence-corrected chi connectivity index (χ4v) is 3.14. The van der Waals surface area contributed by atoms with E-state index < -0.39 is 9.84 Å². The Bertz CT molecular complexity index is 532. The number of hydrogen-bond acceptors (Lipinski definition) is 3. The Balaban J connectivity index is 2.80. The molecular weight excluding hydrogens is 317 g/mol. The van der Waals surface area contributed by atoms with Gasteiger partial charge in [0, 0.05) is 28.1 Å². The van der Waals surface area contributed by atoms with Crippen molar-refractivity contribution in [3.8, 4) is 0 Å². The maximum atomic E-state index is 11.2. The van der Waals surface area contributed by atoms with Crippen LogP contribution in [0.3, 0.4) is 0 Å². The van der Waals surface area contributed by atoms with Crippen molar-refractivity contribution in [3.63, 3.8) is 0 Å². The fourth-order valence-electron chi connectivity index (χ4n) is 2.02. The lowest BCUT2D eigenvalue weighted by Gasteiger charge is -2.20. The van der Waals surface area contributed by atoms with Crippen molar-refractivity contribution in [2.45, 2.75) is 32.2 Å². The lowest BCUT2D eigenvalue weighted by molar-refractivity contribution is 0.492. The molecule has 20 heavy (non-hydrogen) atoms. The van der Waals surface area contributed by atoms with E-state index in [-0.39, 0.29) is 11.8 Å². The van der Waals surface area contributed by atoms with Gasteiger partial charge in [-0.2, -0.15) is 0 Å². The van der Waals surface area contributed by atoms with Crippen LogP contribution in [0.2, 0.25) is 10.0 Å². The Labute approximate surface area is 131 Å². The number of sulfone groups is 1. The topological polar surface area (TPSA) is 46.2 Å². The van der Waals surface area contributed by atoms with Gasteiger partial charge in [0.05, 0.1) is 0 Å². The van der Waals surface area contributed by atoms with Gasteiger partial charge in [0.15, 0.2) is 0 Å². The summed E-state index contributed by atoms with van der Waals surface area (Å²) < 4.78 is 22.4. The minimum Gasteiger partial charge on any atom is -0.310 e. The summed E-state index contributed by atoms with van der Waals surface area (Å²) in [4.78, 5) is 0. The highest BCUT2D eigenvalue weighted by Crippen LogP contribution is 2.29. The van der Waals surface area contributed by atoms with E-state index in [0.717, 1.165) is 18.5 Å². The van der Waals surface area contributed by atoms with E-state index in [0.29, 0.717) is 22.9 Å². The summed E-state index contributed by atoms with van der Waals surface area (Å²) in [7, 11) is -2.93. The first kappa shape index (κ1) is 17.8. The second-order valence-electron chi connectivity index (χ2n) is 4.94. The molecule has 0 bridgehead atoms. The molecule has 0 aromatic heterocycles. The van der Waals surface area contributed by atoms with Gasteiger partial charge >= 0.3 is 0 Å². The van der Waals surface area contributed by atoms with Gasteiger partial charge in [0.25, 0.3) is 0 Å². The molecule has 1 N–H and O–H groups in total. The van der Waals surface area contributed by atoms with Gasteiger partial charge in [-0.05, 0) is 49.6 Å². The molecule has 0 radical (unpaired) electrons. The number of nitrogens with one attached hydrogen (secondary N) is 1. The van der Waals surface area contributed by atoms with Crippen LogP contribution >= 0.6 is 23.2 Å². The molecule has 0 saturated carbocycles. The van der Waals surface area contributed by atoms with E-state index in [4.69, 9.17) is 23.2 Å². The van der Waals surface area contributed by atoms with Crippen LogP contribution in [0.15, 0.2) is 18.2 Å². The van der Waals surface area contributed by atoms with Crippen molar-refractivity contribution >= 4 is 33.0 Å². The Kier molecular flexibility index (Phi) is 7.30. The van der Waals surface area contributed by atoms with Crippen LogP contribution in [0.1, 0.15) is 37.8 Å². The van der Waals surface area contributed by atoms with Crippen molar-refractivity contribution in [2.75, 3.05) is 18.6 Å².